The maximum absolute atomic E-state index is 12.3. The van der Waals surface area contributed by atoms with Crippen LogP contribution in [0, 0.1) is 0 Å². The Labute approximate surface area is 162 Å². The third kappa shape index (κ3) is 4.48. The lowest BCUT2D eigenvalue weighted by Crippen LogP contribution is -2.13. The summed E-state index contributed by atoms with van der Waals surface area (Å²) in [4.78, 5) is 16.5. The number of methoxy groups -OCH3 is 2. The van der Waals surface area contributed by atoms with Crippen LogP contribution in [0.4, 0.5) is 17.1 Å². The SMILES string of the molecule is COc1ccc(OC)c(Nc2ccc(C(=O)Nc3ccccc3Cl)nc2)c1. The van der Waals surface area contributed by atoms with E-state index in [4.69, 9.17) is 21.1 Å². The number of para-hydroxylation sites is 1. The van der Waals surface area contributed by atoms with Gasteiger partial charge in [0.2, 0.25) is 0 Å². The van der Waals surface area contributed by atoms with Crippen molar-refractivity contribution in [1.29, 1.82) is 0 Å². The van der Waals surface area contributed by atoms with Gasteiger partial charge in [0.15, 0.2) is 0 Å². The molecule has 0 saturated heterocycles. The lowest BCUT2D eigenvalue weighted by Gasteiger charge is -2.13. The zero-order valence-electron chi connectivity index (χ0n) is 14.8. The topological polar surface area (TPSA) is 72.5 Å². The number of aromatic nitrogens is 1. The van der Waals surface area contributed by atoms with E-state index in [2.05, 4.69) is 15.6 Å². The Morgan fingerprint density at radius 1 is 1.00 bits per heavy atom. The first-order valence-corrected chi connectivity index (χ1v) is 8.49. The molecule has 0 aliphatic carbocycles. The van der Waals surface area contributed by atoms with E-state index in [1.165, 1.54) is 0 Å². The Bertz CT molecular complexity index is 945. The minimum atomic E-state index is -0.339. The molecule has 0 saturated carbocycles. The van der Waals surface area contributed by atoms with Gasteiger partial charge in [-0.05, 0) is 36.4 Å². The standard InChI is InChI=1S/C20H18ClN3O3/c1-26-14-8-10-19(27-2)18(11-14)23-13-7-9-17(22-12-13)20(25)24-16-6-4-3-5-15(16)21/h3-12,23H,1-2H3,(H,24,25). The van der Waals surface area contributed by atoms with E-state index in [1.54, 1.807) is 62.9 Å². The third-order valence-electron chi connectivity index (χ3n) is 3.80. The molecule has 3 rings (SSSR count). The molecule has 0 atom stereocenters. The smallest absolute Gasteiger partial charge is 0.274 e. The third-order valence-corrected chi connectivity index (χ3v) is 4.13. The number of nitrogens with zero attached hydrogens (tertiary/aromatic N) is 1. The Morgan fingerprint density at radius 2 is 1.81 bits per heavy atom. The predicted molar refractivity (Wildman–Crippen MR) is 106 cm³/mol. The van der Waals surface area contributed by atoms with E-state index in [1.807, 2.05) is 12.1 Å². The van der Waals surface area contributed by atoms with Gasteiger partial charge in [0, 0.05) is 6.07 Å². The molecule has 0 spiro atoms. The highest BCUT2D eigenvalue weighted by Crippen LogP contribution is 2.31. The molecule has 6 nitrogen and oxygen atoms in total. The van der Waals surface area contributed by atoms with Gasteiger partial charge in [-0.1, -0.05) is 23.7 Å². The molecule has 27 heavy (non-hydrogen) atoms. The molecule has 0 aliphatic rings. The quantitative estimate of drug-likeness (QED) is 0.642. The Kier molecular flexibility index (Phi) is 5.78. The number of amides is 1. The van der Waals surface area contributed by atoms with E-state index in [0.717, 1.165) is 5.69 Å². The molecular formula is C20H18ClN3O3. The second-order valence-electron chi connectivity index (χ2n) is 5.56. The first kappa shape index (κ1) is 18.5. The lowest BCUT2D eigenvalue weighted by molar-refractivity contribution is 0.102. The molecule has 1 heterocycles. The summed E-state index contributed by atoms with van der Waals surface area (Å²) in [6, 6.07) is 15.8. The van der Waals surface area contributed by atoms with Gasteiger partial charge in [-0.15, -0.1) is 0 Å². The average Bonchev–Trinajstić information content (AvgIpc) is 2.70. The van der Waals surface area contributed by atoms with Crippen molar-refractivity contribution in [3.8, 4) is 11.5 Å². The minimum absolute atomic E-state index is 0.276. The number of halogens is 1. The first-order valence-electron chi connectivity index (χ1n) is 8.11. The van der Waals surface area contributed by atoms with E-state index < -0.39 is 0 Å². The van der Waals surface area contributed by atoms with Crippen molar-refractivity contribution >= 4 is 34.6 Å². The molecule has 2 aromatic carbocycles. The zero-order valence-corrected chi connectivity index (χ0v) is 15.6. The number of pyridine rings is 1. The monoisotopic (exact) mass is 383 g/mol. The number of rotatable bonds is 6. The average molecular weight is 384 g/mol. The fraction of sp³-hybridized carbons (Fsp3) is 0.100. The number of nitrogens with one attached hydrogen (secondary N) is 2. The number of anilines is 3. The van der Waals surface area contributed by atoms with Crippen molar-refractivity contribution in [3.05, 3.63) is 71.5 Å². The predicted octanol–water partition coefficient (Wildman–Crippen LogP) is 4.75. The highest BCUT2D eigenvalue weighted by molar-refractivity contribution is 6.33. The summed E-state index contributed by atoms with van der Waals surface area (Å²) >= 11 is 6.06. The van der Waals surface area contributed by atoms with Gasteiger partial charge < -0.3 is 20.1 Å². The summed E-state index contributed by atoms with van der Waals surface area (Å²) in [5, 5.41) is 6.41. The Balaban J connectivity index is 1.74. The molecule has 0 bridgehead atoms. The Hall–Kier alpha value is -3.25. The van der Waals surface area contributed by atoms with Crippen molar-refractivity contribution in [2.45, 2.75) is 0 Å². The number of carbonyl (C=O) groups is 1. The molecule has 1 aromatic heterocycles. The van der Waals surface area contributed by atoms with Crippen molar-refractivity contribution in [3.63, 3.8) is 0 Å². The second kappa shape index (κ2) is 8.42. The maximum Gasteiger partial charge on any atom is 0.274 e. The van der Waals surface area contributed by atoms with Crippen molar-refractivity contribution in [2.75, 3.05) is 24.9 Å². The summed E-state index contributed by atoms with van der Waals surface area (Å²) in [7, 11) is 3.19. The summed E-state index contributed by atoms with van der Waals surface area (Å²) < 4.78 is 10.6. The van der Waals surface area contributed by atoms with E-state index in [-0.39, 0.29) is 11.6 Å². The molecule has 138 valence electrons. The van der Waals surface area contributed by atoms with Crippen LogP contribution in [0.15, 0.2) is 60.8 Å². The van der Waals surface area contributed by atoms with Crippen LogP contribution in [-0.4, -0.2) is 25.1 Å². The number of hydrogen-bond donors (Lipinski definition) is 2. The zero-order chi connectivity index (χ0) is 19.2. The highest BCUT2D eigenvalue weighted by Gasteiger charge is 2.10. The highest BCUT2D eigenvalue weighted by atomic mass is 35.5. The van der Waals surface area contributed by atoms with Gasteiger partial charge in [-0.3, -0.25) is 4.79 Å². The van der Waals surface area contributed by atoms with Crippen LogP contribution in [0.2, 0.25) is 5.02 Å². The second-order valence-corrected chi connectivity index (χ2v) is 5.96. The minimum Gasteiger partial charge on any atom is -0.497 e. The van der Waals surface area contributed by atoms with Gasteiger partial charge in [0.05, 0.1) is 42.5 Å². The molecule has 0 aliphatic heterocycles. The van der Waals surface area contributed by atoms with Crippen LogP contribution >= 0.6 is 11.6 Å². The molecule has 0 unspecified atom stereocenters. The van der Waals surface area contributed by atoms with Crippen LogP contribution in [0.25, 0.3) is 0 Å². The largest absolute Gasteiger partial charge is 0.497 e. The van der Waals surface area contributed by atoms with Crippen LogP contribution in [0.5, 0.6) is 11.5 Å². The van der Waals surface area contributed by atoms with Gasteiger partial charge in [-0.25, -0.2) is 4.98 Å². The van der Waals surface area contributed by atoms with Crippen molar-refractivity contribution in [1.82, 2.24) is 4.98 Å². The number of carbonyl (C=O) groups excluding carboxylic acids is 1. The molecule has 3 aromatic rings. The van der Waals surface area contributed by atoms with E-state index >= 15 is 0 Å². The Morgan fingerprint density at radius 3 is 2.48 bits per heavy atom. The van der Waals surface area contributed by atoms with Crippen molar-refractivity contribution in [2.24, 2.45) is 0 Å². The van der Waals surface area contributed by atoms with Gasteiger partial charge in [-0.2, -0.15) is 0 Å². The number of hydrogen-bond acceptors (Lipinski definition) is 5. The first-order chi connectivity index (χ1) is 13.1. The molecule has 7 heteroatoms. The summed E-state index contributed by atoms with van der Waals surface area (Å²) in [6.07, 6.45) is 1.57. The molecule has 2 N–H and O–H groups in total. The van der Waals surface area contributed by atoms with Crippen LogP contribution in [-0.2, 0) is 0 Å². The summed E-state index contributed by atoms with van der Waals surface area (Å²) in [6.45, 7) is 0. The van der Waals surface area contributed by atoms with Gasteiger partial charge in [0.1, 0.15) is 17.2 Å². The van der Waals surface area contributed by atoms with Crippen LogP contribution in [0.3, 0.4) is 0 Å². The molecule has 0 fully saturated rings. The van der Waals surface area contributed by atoms with Crippen LogP contribution in [0.1, 0.15) is 10.5 Å². The lowest BCUT2D eigenvalue weighted by atomic mass is 10.2. The van der Waals surface area contributed by atoms with Gasteiger partial charge in [0.25, 0.3) is 5.91 Å². The van der Waals surface area contributed by atoms with E-state index in [9.17, 15) is 4.79 Å². The summed E-state index contributed by atoms with van der Waals surface area (Å²) in [5.41, 5.74) is 2.25. The number of benzene rings is 2. The maximum atomic E-state index is 12.3. The van der Waals surface area contributed by atoms with Crippen molar-refractivity contribution < 1.29 is 14.3 Å². The summed E-state index contributed by atoms with van der Waals surface area (Å²) in [5.74, 6) is 1.02. The molecule has 0 radical (unpaired) electrons. The number of ether oxygens (including phenoxy) is 2. The normalized spacial score (nSPS) is 10.2. The fourth-order valence-corrected chi connectivity index (χ4v) is 2.60. The van der Waals surface area contributed by atoms with E-state index in [0.29, 0.717) is 27.9 Å². The molecular weight excluding hydrogens is 366 g/mol. The van der Waals surface area contributed by atoms with Gasteiger partial charge >= 0.3 is 0 Å². The van der Waals surface area contributed by atoms with Crippen LogP contribution < -0.4 is 20.1 Å². The fourth-order valence-electron chi connectivity index (χ4n) is 2.42. The molecule has 1 amide bonds.